The van der Waals surface area contributed by atoms with Crippen molar-refractivity contribution in [1.29, 1.82) is 0 Å². The van der Waals surface area contributed by atoms with E-state index in [1.807, 2.05) is 13.0 Å². The van der Waals surface area contributed by atoms with Gasteiger partial charge in [0.2, 0.25) is 5.91 Å². The lowest BCUT2D eigenvalue weighted by Crippen LogP contribution is -2.25. The minimum absolute atomic E-state index is 0.133. The molecular formula is C21H21N7O4. The van der Waals surface area contributed by atoms with Crippen molar-refractivity contribution in [3.05, 3.63) is 47.4 Å². The molecule has 1 aliphatic heterocycles. The average Bonchev–Trinajstić information content (AvgIpc) is 3.41. The fraction of sp³-hybridized carbons (Fsp3) is 0.286. The van der Waals surface area contributed by atoms with Crippen LogP contribution in [0.3, 0.4) is 0 Å². The molecule has 1 amide bonds. The number of nitrogens with one attached hydrogen (secondary N) is 1. The summed E-state index contributed by atoms with van der Waals surface area (Å²) < 4.78 is 19.7. The summed E-state index contributed by atoms with van der Waals surface area (Å²) in [5.74, 6) is 2.38. The van der Waals surface area contributed by atoms with Crippen molar-refractivity contribution in [2.45, 2.75) is 19.3 Å². The molecule has 0 saturated carbocycles. The van der Waals surface area contributed by atoms with Crippen LogP contribution in [0, 0.1) is 6.92 Å². The zero-order valence-electron chi connectivity index (χ0n) is 18.0. The summed E-state index contributed by atoms with van der Waals surface area (Å²) in [5.41, 5.74) is 3.09. The van der Waals surface area contributed by atoms with E-state index in [0.717, 1.165) is 16.8 Å². The highest BCUT2D eigenvalue weighted by Gasteiger charge is 2.35. The summed E-state index contributed by atoms with van der Waals surface area (Å²) in [7, 11) is 4.73. The summed E-state index contributed by atoms with van der Waals surface area (Å²) in [6.45, 7) is 1.91. The molecule has 0 aliphatic carbocycles. The van der Waals surface area contributed by atoms with E-state index in [9.17, 15) is 4.79 Å². The molecule has 1 N–H and O–H groups in total. The third-order valence-electron chi connectivity index (χ3n) is 5.58. The number of ether oxygens (including phenoxy) is 3. The van der Waals surface area contributed by atoms with Crippen LogP contribution in [0.4, 0.5) is 5.82 Å². The van der Waals surface area contributed by atoms with E-state index in [-0.39, 0.29) is 18.2 Å². The Morgan fingerprint density at radius 2 is 1.78 bits per heavy atom. The van der Waals surface area contributed by atoms with Gasteiger partial charge in [0.25, 0.3) is 0 Å². The molecule has 5 rings (SSSR count). The van der Waals surface area contributed by atoms with Crippen LogP contribution in [0.25, 0.3) is 11.5 Å². The number of rotatable bonds is 5. The Hall–Kier alpha value is -4.15. The van der Waals surface area contributed by atoms with Gasteiger partial charge in [-0.25, -0.2) is 0 Å². The highest BCUT2D eigenvalue weighted by molar-refractivity contribution is 5.95. The zero-order valence-corrected chi connectivity index (χ0v) is 18.0. The smallest absolute Gasteiger partial charge is 0.226 e. The van der Waals surface area contributed by atoms with Gasteiger partial charge >= 0.3 is 0 Å². The van der Waals surface area contributed by atoms with Gasteiger partial charge in [-0.2, -0.15) is 14.3 Å². The molecule has 3 aromatic heterocycles. The van der Waals surface area contributed by atoms with Crippen molar-refractivity contribution in [3.63, 3.8) is 0 Å². The molecule has 11 nitrogen and oxygen atoms in total. The fourth-order valence-corrected chi connectivity index (χ4v) is 4.14. The number of hydrogen-bond donors (Lipinski definition) is 1. The second-order valence-corrected chi connectivity index (χ2v) is 7.34. The van der Waals surface area contributed by atoms with Gasteiger partial charge in [0.05, 0.1) is 27.0 Å². The maximum absolute atomic E-state index is 12.8. The first-order valence-electron chi connectivity index (χ1n) is 9.90. The van der Waals surface area contributed by atoms with Gasteiger partial charge in [-0.3, -0.25) is 4.79 Å². The second kappa shape index (κ2) is 7.52. The Balaban J connectivity index is 1.68. The summed E-state index contributed by atoms with van der Waals surface area (Å²) >= 11 is 0. The van der Waals surface area contributed by atoms with Crippen molar-refractivity contribution >= 4 is 17.4 Å². The van der Waals surface area contributed by atoms with Crippen molar-refractivity contribution in [1.82, 2.24) is 29.6 Å². The molecule has 0 unspecified atom stereocenters. The van der Waals surface area contributed by atoms with Gasteiger partial charge in [-0.05, 0) is 25.1 Å². The van der Waals surface area contributed by atoms with Crippen molar-refractivity contribution in [2.75, 3.05) is 26.6 Å². The van der Waals surface area contributed by atoms with E-state index in [1.165, 1.54) is 6.33 Å². The first-order chi connectivity index (χ1) is 15.5. The van der Waals surface area contributed by atoms with E-state index in [2.05, 4.69) is 25.7 Å². The summed E-state index contributed by atoms with van der Waals surface area (Å²) in [5, 5.41) is 20.0. The molecule has 11 heteroatoms. The number of carbonyl (C=O) groups is 1. The molecule has 0 radical (unpaired) electrons. The number of hydrogen-bond acceptors (Lipinski definition) is 8. The third-order valence-corrected chi connectivity index (χ3v) is 5.58. The molecule has 0 fully saturated rings. The monoisotopic (exact) mass is 435 g/mol. The SMILES string of the molecule is COc1cc(OC)c([C@@H]2CC(=O)Nc3c2c(C)nn3-c2ccc3nncn3n2)cc1OC. The number of aromatic nitrogens is 6. The van der Waals surface area contributed by atoms with E-state index in [4.69, 9.17) is 14.2 Å². The fourth-order valence-electron chi connectivity index (χ4n) is 4.14. The lowest BCUT2D eigenvalue weighted by atomic mass is 9.85. The Morgan fingerprint density at radius 3 is 2.53 bits per heavy atom. The third kappa shape index (κ3) is 3.01. The average molecular weight is 435 g/mol. The zero-order chi connectivity index (χ0) is 22.4. The Labute approximate surface area is 182 Å². The highest BCUT2D eigenvalue weighted by atomic mass is 16.5. The normalized spacial score (nSPS) is 15.4. The number of fused-ring (bicyclic) bond motifs is 2. The van der Waals surface area contributed by atoms with Crippen LogP contribution in [0.1, 0.15) is 29.2 Å². The molecule has 164 valence electrons. The van der Waals surface area contributed by atoms with Crippen LogP contribution in [0.5, 0.6) is 17.2 Å². The molecule has 1 aromatic carbocycles. The van der Waals surface area contributed by atoms with Crippen LogP contribution in [0.15, 0.2) is 30.6 Å². The second-order valence-electron chi connectivity index (χ2n) is 7.34. The predicted molar refractivity (Wildman–Crippen MR) is 114 cm³/mol. The van der Waals surface area contributed by atoms with Gasteiger partial charge in [-0.1, -0.05) is 0 Å². The van der Waals surface area contributed by atoms with E-state index in [0.29, 0.717) is 34.5 Å². The van der Waals surface area contributed by atoms with Gasteiger partial charge in [0.1, 0.15) is 17.9 Å². The standard InChI is InChI=1S/C21H21N7O4/c1-11-20-13(12-7-15(31-3)16(32-4)9-14(12)30-2)8-19(29)23-21(20)28(25-11)18-6-5-17-24-22-10-27(17)26-18/h5-7,9-10,13H,8H2,1-4H3,(H,23,29)/t13-/m0/s1. The Bertz CT molecular complexity index is 1340. The lowest BCUT2D eigenvalue weighted by Gasteiger charge is -2.26. The number of carbonyl (C=O) groups excluding carboxylic acids is 1. The van der Waals surface area contributed by atoms with Crippen molar-refractivity contribution in [2.24, 2.45) is 0 Å². The number of anilines is 1. The first kappa shape index (κ1) is 19.8. The molecule has 1 atom stereocenters. The Kier molecular flexibility index (Phi) is 4.65. The molecule has 4 aromatic rings. The Morgan fingerprint density at radius 1 is 1.03 bits per heavy atom. The number of nitrogens with zero attached hydrogens (tertiary/aromatic N) is 6. The van der Waals surface area contributed by atoms with Gasteiger partial charge in [0, 0.05) is 29.5 Å². The quantitative estimate of drug-likeness (QED) is 0.507. The van der Waals surface area contributed by atoms with E-state index in [1.54, 1.807) is 48.7 Å². The topological polar surface area (TPSA) is 118 Å². The number of benzene rings is 1. The molecule has 0 saturated heterocycles. The first-order valence-corrected chi connectivity index (χ1v) is 9.90. The molecule has 32 heavy (non-hydrogen) atoms. The molecular weight excluding hydrogens is 414 g/mol. The number of amides is 1. The minimum atomic E-state index is -0.291. The maximum atomic E-state index is 12.8. The number of methoxy groups -OCH3 is 3. The molecule has 0 bridgehead atoms. The van der Waals surface area contributed by atoms with E-state index < -0.39 is 0 Å². The molecule has 1 aliphatic rings. The van der Waals surface area contributed by atoms with Gasteiger partial charge in [-0.15, -0.1) is 15.3 Å². The predicted octanol–water partition coefficient (Wildman–Crippen LogP) is 2.12. The minimum Gasteiger partial charge on any atom is -0.496 e. The largest absolute Gasteiger partial charge is 0.496 e. The summed E-state index contributed by atoms with van der Waals surface area (Å²) in [4.78, 5) is 12.8. The van der Waals surface area contributed by atoms with Gasteiger partial charge in [0.15, 0.2) is 23.0 Å². The van der Waals surface area contributed by atoms with Crippen LogP contribution < -0.4 is 19.5 Å². The summed E-state index contributed by atoms with van der Waals surface area (Å²) in [6.07, 6.45) is 1.75. The van der Waals surface area contributed by atoms with Crippen LogP contribution in [-0.4, -0.2) is 56.8 Å². The molecule has 0 spiro atoms. The van der Waals surface area contributed by atoms with Gasteiger partial charge < -0.3 is 19.5 Å². The van der Waals surface area contributed by atoms with Crippen molar-refractivity contribution < 1.29 is 19.0 Å². The van der Waals surface area contributed by atoms with Crippen molar-refractivity contribution in [3.8, 4) is 23.1 Å². The lowest BCUT2D eigenvalue weighted by molar-refractivity contribution is -0.116. The highest BCUT2D eigenvalue weighted by Crippen LogP contribution is 2.46. The maximum Gasteiger partial charge on any atom is 0.226 e. The van der Waals surface area contributed by atoms with Crippen LogP contribution in [0.2, 0.25) is 0 Å². The van der Waals surface area contributed by atoms with E-state index >= 15 is 0 Å². The number of aryl methyl sites for hydroxylation is 1. The summed E-state index contributed by atoms with van der Waals surface area (Å²) in [6, 6.07) is 7.19. The van der Waals surface area contributed by atoms with Crippen LogP contribution >= 0.6 is 0 Å². The van der Waals surface area contributed by atoms with Crippen LogP contribution in [-0.2, 0) is 4.79 Å². The molecule has 4 heterocycles.